The largest absolute Gasteiger partial charge is 0.370 e. The molecule has 2 aromatic rings. The van der Waals surface area contributed by atoms with Crippen LogP contribution in [0.1, 0.15) is 18.4 Å². The van der Waals surface area contributed by atoms with Crippen LogP contribution in [0.2, 0.25) is 0 Å². The number of aromatic amines is 1. The van der Waals surface area contributed by atoms with Crippen molar-refractivity contribution in [2.45, 2.75) is 12.8 Å². The number of pyridine rings is 1. The molecule has 0 amide bonds. The van der Waals surface area contributed by atoms with Crippen LogP contribution < -0.4 is 10.5 Å². The fourth-order valence-electron chi connectivity index (χ4n) is 4.16. The van der Waals surface area contributed by atoms with Crippen molar-refractivity contribution in [1.29, 1.82) is 5.26 Å². The quantitative estimate of drug-likeness (QED) is 0.868. The van der Waals surface area contributed by atoms with Crippen molar-refractivity contribution in [3.05, 3.63) is 40.2 Å². The van der Waals surface area contributed by atoms with E-state index in [1.807, 2.05) is 6.07 Å². The molecule has 4 rings (SSSR count). The third-order valence-corrected chi connectivity index (χ3v) is 5.22. The number of nitrogens with one attached hydrogen (secondary N) is 1. The van der Waals surface area contributed by atoms with E-state index in [2.05, 4.69) is 40.0 Å². The van der Waals surface area contributed by atoms with Gasteiger partial charge in [0.2, 0.25) is 0 Å². The second-order valence-electron chi connectivity index (χ2n) is 6.84. The number of hydrogen-bond acceptors (Lipinski definition) is 4. The molecule has 1 spiro atoms. The molecule has 1 N–H and O–H groups in total. The summed E-state index contributed by atoms with van der Waals surface area (Å²) in [5.74, 6) is 0. The first-order chi connectivity index (χ1) is 11.1. The number of H-pyrrole nitrogens is 1. The van der Waals surface area contributed by atoms with Crippen LogP contribution in [0.15, 0.2) is 16.9 Å². The Morgan fingerprint density at radius 3 is 2.74 bits per heavy atom. The molecule has 23 heavy (non-hydrogen) atoms. The Balaban J connectivity index is 1.74. The molecule has 0 aliphatic carbocycles. The van der Waals surface area contributed by atoms with E-state index in [1.54, 1.807) is 6.07 Å². The highest BCUT2D eigenvalue weighted by Gasteiger charge is 2.43. The van der Waals surface area contributed by atoms with Crippen molar-refractivity contribution in [2.75, 3.05) is 38.1 Å². The van der Waals surface area contributed by atoms with Crippen LogP contribution in [0.3, 0.4) is 0 Å². The lowest BCUT2D eigenvalue weighted by Crippen LogP contribution is -2.58. The molecule has 0 bridgehead atoms. The molecule has 5 heteroatoms. The molecule has 2 aliphatic rings. The molecule has 2 saturated heterocycles. The predicted molar refractivity (Wildman–Crippen MR) is 88.3 cm³/mol. The van der Waals surface area contributed by atoms with Gasteiger partial charge in [0.1, 0.15) is 17.1 Å². The van der Waals surface area contributed by atoms with E-state index in [0.717, 1.165) is 50.1 Å². The maximum atomic E-state index is 12.2. The molecule has 0 unspecified atom stereocenters. The normalized spacial score (nSPS) is 20.1. The lowest BCUT2D eigenvalue weighted by Gasteiger charge is -2.53. The summed E-state index contributed by atoms with van der Waals surface area (Å²) in [6.07, 6.45) is 2.22. The zero-order valence-electron chi connectivity index (χ0n) is 13.1. The van der Waals surface area contributed by atoms with E-state index in [0.29, 0.717) is 10.9 Å². The summed E-state index contributed by atoms with van der Waals surface area (Å²) in [5.41, 5.74) is 1.69. The van der Waals surface area contributed by atoms with Crippen LogP contribution in [0.25, 0.3) is 10.9 Å². The Morgan fingerprint density at radius 2 is 2.09 bits per heavy atom. The molecule has 2 fully saturated rings. The second kappa shape index (κ2) is 5.01. The molecule has 1 aromatic heterocycles. The van der Waals surface area contributed by atoms with Gasteiger partial charge in [-0.1, -0.05) is 6.07 Å². The first kappa shape index (κ1) is 14.1. The first-order valence-electron chi connectivity index (χ1n) is 7.94. The van der Waals surface area contributed by atoms with Crippen LogP contribution in [0, 0.1) is 28.9 Å². The van der Waals surface area contributed by atoms with Gasteiger partial charge < -0.3 is 14.8 Å². The molecule has 3 heterocycles. The fourth-order valence-corrected chi connectivity index (χ4v) is 4.16. The van der Waals surface area contributed by atoms with Gasteiger partial charge in [-0.2, -0.15) is 5.26 Å². The van der Waals surface area contributed by atoms with Crippen LogP contribution in [-0.4, -0.2) is 43.1 Å². The van der Waals surface area contributed by atoms with E-state index in [4.69, 9.17) is 0 Å². The average molecular weight is 306 g/mol. The Kier molecular flexibility index (Phi) is 3.07. The lowest BCUT2D eigenvalue weighted by molar-refractivity contribution is 0.00134. The smallest absolute Gasteiger partial charge is 0.268 e. The van der Waals surface area contributed by atoms with Crippen molar-refractivity contribution in [3.8, 4) is 6.07 Å². The maximum Gasteiger partial charge on any atom is 0.268 e. The molecule has 0 radical (unpaired) electrons. The number of likely N-dealkylation sites (tertiary alicyclic amines) is 1. The zero-order valence-corrected chi connectivity index (χ0v) is 13.1. The zero-order chi connectivity index (χ0) is 16.0. The summed E-state index contributed by atoms with van der Waals surface area (Å²) in [6.45, 7) is 4.09. The number of fused-ring (bicyclic) bond motifs is 1. The molecule has 0 saturated carbocycles. The van der Waals surface area contributed by atoms with Crippen LogP contribution >= 0.6 is 0 Å². The molecule has 116 valence electrons. The van der Waals surface area contributed by atoms with Gasteiger partial charge in [0.05, 0.1) is 5.69 Å². The number of aromatic nitrogens is 1. The van der Waals surface area contributed by atoms with Crippen molar-refractivity contribution in [3.63, 3.8) is 0 Å². The van der Waals surface area contributed by atoms with E-state index in [9.17, 15) is 10.1 Å². The molecular formula is C18H18N4O. The third kappa shape index (κ3) is 2.17. The Hall–Kier alpha value is -2.50. The standard InChI is InChI=1S/C18H18N4O/c1-21-11-18(12-21)6-8-22(9-7-18)16-13-4-2-3-5-15(13)20-17(23)14(16)10-19/h2,4H,6-9,11-12H2,1H3,(H,20,23). The first-order valence-corrected chi connectivity index (χ1v) is 7.94. The monoisotopic (exact) mass is 306 g/mol. The van der Waals surface area contributed by atoms with E-state index >= 15 is 0 Å². The highest BCUT2D eigenvalue weighted by atomic mass is 16.1. The number of nitriles is 1. The number of anilines is 1. The van der Waals surface area contributed by atoms with E-state index < -0.39 is 0 Å². The second-order valence-corrected chi connectivity index (χ2v) is 6.84. The van der Waals surface area contributed by atoms with Gasteiger partial charge in [-0.25, -0.2) is 0 Å². The van der Waals surface area contributed by atoms with Gasteiger partial charge in [0.25, 0.3) is 5.56 Å². The Morgan fingerprint density at radius 1 is 1.35 bits per heavy atom. The van der Waals surface area contributed by atoms with Gasteiger partial charge in [0, 0.05) is 31.6 Å². The Bertz CT molecular complexity index is 847. The summed E-state index contributed by atoms with van der Waals surface area (Å²) in [5, 5.41) is 10.3. The van der Waals surface area contributed by atoms with Gasteiger partial charge in [-0.3, -0.25) is 4.79 Å². The number of rotatable bonds is 1. The van der Waals surface area contributed by atoms with Gasteiger partial charge in [-0.05, 0) is 43.5 Å². The van der Waals surface area contributed by atoms with E-state index in [1.165, 1.54) is 0 Å². The lowest BCUT2D eigenvalue weighted by atomic mass is 9.72. The van der Waals surface area contributed by atoms with Crippen molar-refractivity contribution >= 4 is 16.6 Å². The van der Waals surface area contributed by atoms with E-state index in [-0.39, 0.29) is 11.1 Å². The summed E-state index contributed by atoms with van der Waals surface area (Å²) in [4.78, 5) is 19.5. The predicted octanol–water partition coefficient (Wildman–Crippen LogP) is 1.53. The summed E-state index contributed by atoms with van der Waals surface area (Å²) in [7, 11) is 2.15. The highest BCUT2D eigenvalue weighted by molar-refractivity contribution is 5.93. The van der Waals surface area contributed by atoms with Crippen LogP contribution in [0.4, 0.5) is 5.69 Å². The third-order valence-electron chi connectivity index (χ3n) is 5.22. The summed E-state index contributed by atoms with van der Waals surface area (Å²) >= 11 is 0. The summed E-state index contributed by atoms with van der Waals surface area (Å²) in [6, 6.07) is 11.6. The summed E-state index contributed by atoms with van der Waals surface area (Å²) < 4.78 is 0. The topological polar surface area (TPSA) is 63.1 Å². The number of piperidine rings is 1. The van der Waals surface area contributed by atoms with Crippen LogP contribution in [-0.2, 0) is 0 Å². The van der Waals surface area contributed by atoms with Crippen molar-refractivity contribution in [2.24, 2.45) is 5.41 Å². The molecular weight excluding hydrogens is 288 g/mol. The fraction of sp³-hybridized carbons (Fsp3) is 0.444. The molecule has 5 nitrogen and oxygen atoms in total. The minimum absolute atomic E-state index is 0.207. The number of hydrogen-bond donors (Lipinski definition) is 1. The van der Waals surface area contributed by atoms with Crippen LogP contribution in [0.5, 0.6) is 0 Å². The minimum atomic E-state index is -0.338. The van der Waals surface area contributed by atoms with Crippen molar-refractivity contribution < 1.29 is 0 Å². The minimum Gasteiger partial charge on any atom is -0.370 e. The maximum absolute atomic E-state index is 12.2. The van der Waals surface area contributed by atoms with Gasteiger partial charge >= 0.3 is 0 Å². The molecule has 0 atom stereocenters. The average Bonchev–Trinajstić information content (AvgIpc) is 2.53. The highest BCUT2D eigenvalue weighted by Crippen LogP contribution is 2.41. The van der Waals surface area contributed by atoms with Gasteiger partial charge in [0.15, 0.2) is 0 Å². The molecule has 1 aromatic carbocycles. The van der Waals surface area contributed by atoms with Gasteiger partial charge in [-0.15, -0.1) is 0 Å². The van der Waals surface area contributed by atoms with Crippen molar-refractivity contribution in [1.82, 2.24) is 9.88 Å². The molecule has 2 aliphatic heterocycles. The SMILES string of the molecule is CN1CC2(CCN(c3c(C#N)c(=O)[nH]c4c#cccc34)CC2)C1. The Labute approximate surface area is 135 Å². The number of nitrogens with zero attached hydrogens (tertiary/aromatic N) is 3.